The Balaban J connectivity index is 1.35. The van der Waals surface area contributed by atoms with E-state index in [1.54, 1.807) is 23.1 Å². The number of hydrogen-bond acceptors (Lipinski definition) is 4. The highest BCUT2D eigenvalue weighted by Crippen LogP contribution is 2.34. The van der Waals surface area contributed by atoms with Crippen molar-refractivity contribution >= 4 is 33.4 Å². The molecule has 8 heteroatoms. The highest BCUT2D eigenvalue weighted by atomic mass is 79.9. The minimum atomic E-state index is -0.454. The first kappa shape index (κ1) is 18.7. The number of carbonyl (C=O) groups excluding carboxylic acids is 2. The summed E-state index contributed by atoms with van der Waals surface area (Å²) in [4.78, 5) is 26.9. The highest BCUT2D eigenvalue weighted by Gasteiger charge is 2.29. The summed E-state index contributed by atoms with van der Waals surface area (Å²) in [6.45, 7) is 1.07. The lowest BCUT2D eigenvalue weighted by atomic mass is 9.95. The van der Waals surface area contributed by atoms with E-state index in [0.29, 0.717) is 53.2 Å². The first-order valence-electron chi connectivity index (χ1n) is 8.96. The molecule has 0 spiro atoms. The first-order chi connectivity index (χ1) is 13.5. The predicted molar refractivity (Wildman–Crippen MR) is 104 cm³/mol. The Bertz CT molecular complexity index is 928. The second-order valence-corrected chi connectivity index (χ2v) is 7.60. The molecule has 0 unspecified atom stereocenters. The summed E-state index contributed by atoms with van der Waals surface area (Å²) in [5.74, 6) is 0.307. The van der Waals surface area contributed by atoms with Crippen LogP contribution in [0, 0.1) is 11.7 Å². The molecule has 28 heavy (non-hydrogen) atoms. The molecule has 6 nitrogen and oxygen atoms in total. The second kappa shape index (κ2) is 7.79. The Hall–Kier alpha value is -2.61. The summed E-state index contributed by atoms with van der Waals surface area (Å²) in [6, 6.07) is 9.31. The second-order valence-electron chi connectivity index (χ2n) is 6.75. The number of nitrogens with zero attached hydrogens (tertiary/aromatic N) is 1. The number of ether oxygens (including phenoxy) is 2. The molecule has 1 N–H and O–H groups in total. The standard InChI is InChI=1S/C20H18BrFN2O4/c21-16-3-1-13(22)9-15(16)20(26)24-7-5-12(6-8-24)19(25)23-14-2-4-17-18(10-14)28-11-27-17/h1-4,9-10,12H,5-8,11H2,(H,23,25). The molecule has 1 saturated heterocycles. The molecule has 2 aromatic rings. The number of likely N-dealkylation sites (tertiary alicyclic amines) is 1. The number of halogens is 2. The van der Waals surface area contributed by atoms with E-state index in [1.807, 2.05) is 0 Å². The van der Waals surface area contributed by atoms with Crippen LogP contribution in [0.25, 0.3) is 0 Å². The minimum Gasteiger partial charge on any atom is -0.454 e. The zero-order valence-corrected chi connectivity index (χ0v) is 16.5. The zero-order valence-electron chi connectivity index (χ0n) is 14.9. The van der Waals surface area contributed by atoms with Crippen LogP contribution < -0.4 is 14.8 Å². The molecular weight excluding hydrogens is 431 g/mol. The number of nitrogens with one attached hydrogen (secondary N) is 1. The molecule has 1 fully saturated rings. The molecule has 146 valence electrons. The maximum Gasteiger partial charge on any atom is 0.255 e. The van der Waals surface area contributed by atoms with Crippen molar-refractivity contribution in [2.24, 2.45) is 5.92 Å². The average Bonchev–Trinajstić information content (AvgIpc) is 3.17. The van der Waals surface area contributed by atoms with Gasteiger partial charge in [-0.1, -0.05) is 0 Å². The normalized spacial score (nSPS) is 16.1. The van der Waals surface area contributed by atoms with E-state index >= 15 is 0 Å². The number of anilines is 1. The number of rotatable bonds is 3. The lowest BCUT2D eigenvalue weighted by Crippen LogP contribution is -2.41. The van der Waals surface area contributed by atoms with Crippen molar-refractivity contribution in [1.29, 1.82) is 0 Å². The zero-order chi connectivity index (χ0) is 19.7. The van der Waals surface area contributed by atoms with E-state index in [1.165, 1.54) is 18.2 Å². The van der Waals surface area contributed by atoms with Crippen LogP contribution in [0.1, 0.15) is 23.2 Å². The molecule has 0 aliphatic carbocycles. The van der Waals surface area contributed by atoms with Crippen LogP contribution in [0.2, 0.25) is 0 Å². The fraction of sp³-hybridized carbons (Fsp3) is 0.300. The number of hydrogen-bond donors (Lipinski definition) is 1. The van der Waals surface area contributed by atoms with Crippen molar-refractivity contribution in [1.82, 2.24) is 4.90 Å². The van der Waals surface area contributed by atoms with Crippen LogP contribution in [-0.2, 0) is 4.79 Å². The van der Waals surface area contributed by atoms with Gasteiger partial charge >= 0.3 is 0 Å². The summed E-state index contributed by atoms with van der Waals surface area (Å²) in [7, 11) is 0. The molecule has 2 amide bonds. The maximum atomic E-state index is 13.5. The Labute approximate surface area is 169 Å². The van der Waals surface area contributed by atoms with E-state index < -0.39 is 5.82 Å². The van der Waals surface area contributed by atoms with Crippen molar-refractivity contribution in [2.75, 3.05) is 25.2 Å². The topological polar surface area (TPSA) is 67.9 Å². The number of carbonyl (C=O) groups is 2. The van der Waals surface area contributed by atoms with Crippen LogP contribution in [0.3, 0.4) is 0 Å². The van der Waals surface area contributed by atoms with Gasteiger partial charge in [-0.3, -0.25) is 9.59 Å². The molecule has 2 aromatic carbocycles. The van der Waals surface area contributed by atoms with Crippen LogP contribution in [0.5, 0.6) is 11.5 Å². The lowest BCUT2D eigenvalue weighted by molar-refractivity contribution is -0.121. The third-order valence-corrected chi connectivity index (χ3v) is 5.64. The molecule has 0 bridgehead atoms. The number of amides is 2. The third-order valence-electron chi connectivity index (χ3n) is 4.95. The van der Waals surface area contributed by atoms with Crippen LogP contribution >= 0.6 is 15.9 Å². The fourth-order valence-electron chi connectivity index (χ4n) is 3.40. The molecule has 0 radical (unpaired) electrons. The van der Waals surface area contributed by atoms with Crippen molar-refractivity contribution in [3.8, 4) is 11.5 Å². The maximum absolute atomic E-state index is 13.5. The van der Waals surface area contributed by atoms with Crippen molar-refractivity contribution in [3.63, 3.8) is 0 Å². The van der Waals surface area contributed by atoms with E-state index in [2.05, 4.69) is 21.2 Å². The SMILES string of the molecule is O=C(Nc1ccc2c(c1)OCO2)C1CCN(C(=O)c2cc(F)ccc2Br)CC1. The summed E-state index contributed by atoms with van der Waals surface area (Å²) in [5, 5.41) is 2.90. The van der Waals surface area contributed by atoms with Gasteiger partial charge in [0.05, 0.1) is 5.56 Å². The summed E-state index contributed by atoms with van der Waals surface area (Å²) >= 11 is 3.29. The van der Waals surface area contributed by atoms with E-state index in [4.69, 9.17) is 9.47 Å². The molecular formula is C20H18BrFN2O4. The fourth-order valence-corrected chi connectivity index (χ4v) is 3.81. The van der Waals surface area contributed by atoms with Gasteiger partial charge in [0.1, 0.15) is 5.82 Å². The van der Waals surface area contributed by atoms with Crippen LogP contribution in [0.4, 0.5) is 10.1 Å². The van der Waals surface area contributed by atoms with Gasteiger partial charge in [0, 0.05) is 35.2 Å². The van der Waals surface area contributed by atoms with E-state index in [0.717, 1.165) is 0 Å². The van der Waals surface area contributed by atoms with Gasteiger partial charge < -0.3 is 19.7 Å². The number of benzene rings is 2. The van der Waals surface area contributed by atoms with Gasteiger partial charge in [-0.05, 0) is 59.1 Å². The van der Waals surface area contributed by atoms with Crippen LogP contribution in [0.15, 0.2) is 40.9 Å². The Morgan fingerprint density at radius 1 is 1.07 bits per heavy atom. The smallest absolute Gasteiger partial charge is 0.255 e. The van der Waals surface area contributed by atoms with Gasteiger partial charge in [-0.25, -0.2) is 4.39 Å². The Morgan fingerprint density at radius 3 is 2.61 bits per heavy atom. The highest BCUT2D eigenvalue weighted by molar-refractivity contribution is 9.10. The molecule has 2 aliphatic heterocycles. The predicted octanol–water partition coefficient (Wildman–Crippen LogP) is 3.81. The largest absolute Gasteiger partial charge is 0.454 e. The van der Waals surface area contributed by atoms with Gasteiger partial charge in [-0.2, -0.15) is 0 Å². The van der Waals surface area contributed by atoms with Gasteiger partial charge in [-0.15, -0.1) is 0 Å². The molecule has 0 aromatic heterocycles. The summed E-state index contributed by atoms with van der Waals surface area (Å²) < 4.78 is 24.6. The Morgan fingerprint density at radius 2 is 1.82 bits per heavy atom. The number of piperidine rings is 1. The monoisotopic (exact) mass is 448 g/mol. The van der Waals surface area contributed by atoms with Gasteiger partial charge in [0.25, 0.3) is 5.91 Å². The molecule has 2 heterocycles. The summed E-state index contributed by atoms with van der Waals surface area (Å²) in [6.07, 6.45) is 1.10. The summed E-state index contributed by atoms with van der Waals surface area (Å²) in [5.41, 5.74) is 0.944. The van der Waals surface area contributed by atoms with E-state index in [-0.39, 0.29) is 24.5 Å². The first-order valence-corrected chi connectivity index (χ1v) is 9.75. The lowest BCUT2D eigenvalue weighted by Gasteiger charge is -2.31. The minimum absolute atomic E-state index is 0.0853. The number of fused-ring (bicyclic) bond motifs is 1. The quantitative estimate of drug-likeness (QED) is 0.774. The molecule has 2 aliphatic rings. The molecule has 0 atom stereocenters. The average molecular weight is 449 g/mol. The van der Waals surface area contributed by atoms with Crippen molar-refractivity contribution in [2.45, 2.75) is 12.8 Å². The molecule has 4 rings (SSSR count). The Kier molecular flexibility index (Phi) is 5.21. The van der Waals surface area contributed by atoms with Crippen molar-refractivity contribution < 1.29 is 23.5 Å². The third kappa shape index (κ3) is 3.82. The molecule has 0 saturated carbocycles. The van der Waals surface area contributed by atoms with Gasteiger partial charge in [0.2, 0.25) is 12.7 Å². The van der Waals surface area contributed by atoms with Crippen molar-refractivity contribution in [3.05, 3.63) is 52.3 Å². The van der Waals surface area contributed by atoms with Gasteiger partial charge in [0.15, 0.2) is 11.5 Å². The van der Waals surface area contributed by atoms with E-state index in [9.17, 15) is 14.0 Å². The van der Waals surface area contributed by atoms with Crippen LogP contribution in [-0.4, -0.2) is 36.6 Å².